The van der Waals surface area contributed by atoms with Crippen LogP contribution in [0, 0.1) is 0 Å². The first kappa shape index (κ1) is 11.9. The second kappa shape index (κ2) is 8.20. The molecule has 0 atom stereocenters. The summed E-state index contributed by atoms with van der Waals surface area (Å²) >= 11 is 0. The summed E-state index contributed by atoms with van der Waals surface area (Å²) < 4.78 is 9.09. The van der Waals surface area contributed by atoms with E-state index in [9.17, 15) is 4.79 Å². The summed E-state index contributed by atoms with van der Waals surface area (Å²) in [5, 5.41) is 0. The molecule has 0 fully saturated rings. The second-order valence-electron chi connectivity index (χ2n) is 1.00. The third-order valence-electron chi connectivity index (χ3n) is 0.348. The van der Waals surface area contributed by atoms with Crippen LogP contribution in [0.3, 0.4) is 0 Å². The van der Waals surface area contributed by atoms with Crippen molar-refractivity contribution in [1.82, 2.24) is 0 Å². The molecule has 3 nitrogen and oxygen atoms in total. The lowest BCUT2D eigenvalue weighted by atomic mass is 10.5. The molecule has 0 aliphatic rings. The molecule has 0 aromatic heterocycles. The van der Waals surface area contributed by atoms with Crippen LogP contribution in [-0.4, -0.2) is 10.1 Å². The molecule has 0 saturated carbocycles. The molecule has 0 rings (SSSR count). The highest BCUT2D eigenvalue weighted by Crippen LogP contribution is 1.89. The summed E-state index contributed by atoms with van der Waals surface area (Å²) in [6.07, 6.45) is 0.444. The fourth-order valence-corrected chi connectivity index (χ4v) is 0. The largest absolute Gasteiger partial charge is 0.370 e. The number of rotatable bonds is 1. The lowest BCUT2D eigenvalue weighted by Gasteiger charge is -1.73. The minimum Gasteiger partial charge on any atom is -0.370 e. The zero-order chi connectivity index (χ0) is 7.86. The van der Waals surface area contributed by atoms with Crippen LogP contribution < -0.4 is 5.73 Å². The number of carbonyl (C=O) groups is 1. The van der Waals surface area contributed by atoms with Crippen molar-refractivity contribution >= 4 is 36.5 Å². The van der Waals surface area contributed by atoms with Gasteiger partial charge in [0.15, 0.2) is 0 Å². The fraction of sp³-hybridized carbons (Fsp3) is 0.667. The number of carbonyl (C=O) groups excluding carboxylic acids is 1. The summed E-state index contributed by atoms with van der Waals surface area (Å²) in [5.74, 6) is -0.245. The molecule has 6 heteroatoms. The van der Waals surface area contributed by atoms with Gasteiger partial charge in [-0.2, -0.15) is 0 Å². The first-order chi connectivity index (χ1) is 4.00. The standard InChI is InChI=1S/C3H7NO.Cl2OS/c1-2-3(4)5;1-4(2)3/h2H2,1H3,(H2,4,5);. The van der Waals surface area contributed by atoms with Gasteiger partial charge in [-0.3, -0.25) is 4.79 Å². The third-order valence-corrected chi connectivity index (χ3v) is 0.348. The van der Waals surface area contributed by atoms with Crippen LogP contribution >= 0.6 is 21.4 Å². The van der Waals surface area contributed by atoms with Crippen LogP contribution in [0.2, 0.25) is 0 Å². The molecule has 2 N–H and O–H groups in total. The predicted octanol–water partition coefficient (Wildman–Crippen LogP) is 0.924. The molecule has 9 heavy (non-hydrogen) atoms. The molecule has 0 spiro atoms. The van der Waals surface area contributed by atoms with Gasteiger partial charge in [0.25, 0.3) is 0 Å². The molecule has 0 aliphatic heterocycles. The molecule has 56 valence electrons. The zero-order valence-corrected chi connectivity index (χ0v) is 7.09. The van der Waals surface area contributed by atoms with E-state index in [1.54, 1.807) is 6.92 Å². The molecule has 0 heterocycles. The SMILES string of the molecule is CCC(N)=O.O=S(Cl)Cl. The summed E-state index contributed by atoms with van der Waals surface area (Å²) in [6.45, 7) is 1.72. The summed E-state index contributed by atoms with van der Waals surface area (Å²) in [4.78, 5) is 9.59. The van der Waals surface area contributed by atoms with Crippen LogP contribution in [0.5, 0.6) is 0 Å². The average Bonchev–Trinajstić information content (AvgIpc) is 1.65. The predicted molar refractivity (Wildman–Crippen MR) is 39.3 cm³/mol. The monoisotopic (exact) mass is 191 g/mol. The van der Waals surface area contributed by atoms with E-state index in [4.69, 9.17) is 4.21 Å². The van der Waals surface area contributed by atoms with Crippen LogP contribution in [0.4, 0.5) is 0 Å². The highest BCUT2D eigenvalue weighted by molar-refractivity contribution is 8.26. The van der Waals surface area contributed by atoms with Crippen LogP contribution in [0.1, 0.15) is 13.3 Å². The highest BCUT2D eigenvalue weighted by atomic mass is 36.0. The first-order valence-electron chi connectivity index (χ1n) is 2.03. The van der Waals surface area contributed by atoms with Crippen molar-refractivity contribution in [3.63, 3.8) is 0 Å². The number of hydrogen-bond donors (Lipinski definition) is 1. The van der Waals surface area contributed by atoms with Gasteiger partial charge in [-0.15, -0.1) is 0 Å². The number of hydrogen-bond acceptors (Lipinski definition) is 2. The number of amides is 1. The van der Waals surface area contributed by atoms with E-state index in [2.05, 4.69) is 27.1 Å². The summed E-state index contributed by atoms with van der Waals surface area (Å²) in [5.41, 5.74) is 4.65. The van der Waals surface area contributed by atoms with Gasteiger partial charge < -0.3 is 5.73 Å². The van der Waals surface area contributed by atoms with Gasteiger partial charge in [-0.25, -0.2) is 4.21 Å². The molecule has 0 aromatic rings. The van der Waals surface area contributed by atoms with Crippen molar-refractivity contribution in [1.29, 1.82) is 0 Å². The number of nitrogens with two attached hydrogens (primary N) is 1. The van der Waals surface area contributed by atoms with E-state index >= 15 is 0 Å². The smallest absolute Gasteiger partial charge is 0.217 e. The van der Waals surface area contributed by atoms with E-state index in [-0.39, 0.29) is 5.91 Å². The van der Waals surface area contributed by atoms with E-state index in [1.165, 1.54) is 0 Å². The van der Waals surface area contributed by atoms with Gasteiger partial charge in [-0.05, 0) is 0 Å². The normalized spacial score (nSPS) is 8.00. The van der Waals surface area contributed by atoms with Crippen molar-refractivity contribution in [3.8, 4) is 0 Å². The molecular weight excluding hydrogens is 185 g/mol. The maximum Gasteiger partial charge on any atom is 0.217 e. The molecule has 0 radical (unpaired) electrons. The van der Waals surface area contributed by atoms with Gasteiger partial charge >= 0.3 is 0 Å². The second-order valence-corrected chi connectivity index (χ2v) is 3.53. The van der Waals surface area contributed by atoms with Crippen LogP contribution in [-0.2, 0) is 14.0 Å². The molecule has 0 unspecified atom stereocenters. The van der Waals surface area contributed by atoms with Crippen molar-refractivity contribution in [2.75, 3.05) is 0 Å². The van der Waals surface area contributed by atoms with Gasteiger partial charge in [0.1, 0.15) is 0 Å². The third kappa shape index (κ3) is 65.1. The van der Waals surface area contributed by atoms with Gasteiger partial charge in [0.05, 0.1) is 0 Å². The maximum absolute atomic E-state index is 9.59. The van der Waals surface area contributed by atoms with Crippen LogP contribution in [0.25, 0.3) is 0 Å². The van der Waals surface area contributed by atoms with Gasteiger partial charge in [0, 0.05) is 27.8 Å². The molecule has 0 aromatic carbocycles. The van der Waals surface area contributed by atoms with Gasteiger partial charge in [-0.1, -0.05) is 6.92 Å². The first-order valence-corrected chi connectivity index (χ1v) is 4.83. The lowest BCUT2D eigenvalue weighted by Crippen LogP contribution is -2.06. The van der Waals surface area contributed by atoms with Crippen molar-refractivity contribution in [2.24, 2.45) is 5.73 Å². The van der Waals surface area contributed by atoms with E-state index in [1.807, 2.05) is 0 Å². The average molecular weight is 192 g/mol. The fourth-order valence-electron chi connectivity index (χ4n) is 0. The summed E-state index contributed by atoms with van der Waals surface area (Å²) in [7, 11) is 7.36. The van der Waals surface area contributed by atoms with Crippen molar-refractivity contribution in [2.45, 2.75) is 13.3 Å². The number of primary amides is 1. The van der Waals surface area contributed by atoms with Crippen molar-refractivity contribution in [3.05, 3.63) is 0 Å². The Labute approximate surface area is 65.0 Å². The highest BCUT2D eigenvalue weighted by Gasteiger charge is 1.77. The minimum atomic E-state index is -1.67. The Morgan fingerprint density at radius 2 is 1.78 bits per heavy atom. The Kier molecular flexibility index (Phi) is 10.9. The minimum absolute atomic E-state index is 0.245. The van der Waals surface area contributed by atoms with Crippen LogP contribution in [0.15, 0.2) is 0 Å². The quantitative estimate of drug-likeness (QED) is 0.628. The Bertz CT molecular complexity index is 104. The Morgan fingerprint density at radius 3 is 1.78 bits per heavy atom. The zero-order valence-electron chi connectivity index (χ0n) is 4.77. The van der Waals surface area contributed by atoms with E-state index in [0.29, 0.717) is 6.42 Å². The van der Waals surface area contributed by atoms with Gasteiger partial charge in [0.2, 0.25) is 15.1 Å². The molecular formula is C3H7Cl2NO2S. The topological polar surface area (TPSA) is 60.2 Å². The lowest BCUT2D eigenvalue weighted by molar-refractivity contribution is -0.117. The molecule has 0 bridgehead atoms. The molecule has 1 amide bonds. The van der Waals surface area contributed by atoms with E-state index in [0.717, 1.165) is 0 Å². The van der Waals surface area contributed by atoms with Crippen molar-refractivity contribution < 1.29 is 9.00 Å². The Balaban J connectivity index is 0. The Morgan fingerprint density at radius 1 is 1.67 bits per heavy atom. The maximum atomic E-state index is 9.59. The number of halogens is 2. The van der Waals surface area contributed by atoms with E-state index < -0.39 is 9.23 Å². The molecule has 0 aliphatic carbocycles. The summed E-state index contributed by atoms with van der Waals surface area (Å²) in [6, 6.07) is 0. The Hall–Kier alpha value is 0.200. The molecule has 0 saturated heterocycles.